The molecule has 1 saturated heterocycles. The van der Waals surface area contributed by atoms with Gasteiger partial charge in [0.25, 0.3) is 0 Å². The normalized spacial score (nSPS) is 23.9. The van der Waals surface area contributed by atoms with Crippen LogP contribution in [0.25, 0.3) is 0 Å². The molecule has 8 heteroatoms. The van der Waals surface area contributed by atoms with E-state index in [1.54, 1.807) is 0 Å². The third kappa shape index (κ3) is 2.53. The van der Waals surface area contributed by atoms with Crippen molar-refractivity contribution in [1.29, 1.82) is 0 Å². The minimum absolute atomic E-state index is 0.0674. The lowest BCUT2D eigenvalue weighted by Crippen LogP contribution is -2.35. The number of hydrogen-bond donors (Lipinski definition) is 1. The number of benzene rings is 1. The van der Waals surface area contributed by atoms with E-state index in [9.17, 15) is 17.6 Å². The summed E-state index contributed by atoms with van der Waals surface area (Å²) in [6, 6.07) is 3.07. The Labute approximate surface area is 121 Å². The molecule has 0 radical (unpaired) electrons. The van der Waals surface area contributed by atoms with E-state index in [4.69, 9.17) is 16.7 Å². The van der Waals surface area contributed by atoms with Crippen LogP contribution >= 0.6 is 11.6 Å². The summed E-state index contributed by atoms with van der Waals surface area (Å²) in [5.74, 6) is -1.77. The van der Waals surface area contributed by atoms with Crippen LogP contribution in [0, 0.1) is 11.2 Å². The molecule has 0 saturated carbocycles. The number of hydrogen-bond acceptors (Lipinski definition) is 3. The molecular weight excluding hydrogens is 309 g/mol. The Morgan fingerprint density at radius 1 is 1.50 bits per heavy atom. The molecule has 0 amide bonds. The summed E-state index contributed by atoms with van der Waals surface area (Å²) in [6.45, 7) is 1.40. The molecule has 1 N–H and O–H groups in total. The van der Waals surface area contributed by atoms with Gasteiger partial charge in [0.1, 0.15) is 10.7 Å². The Bertz CT molecular complexity index is 663. The fourth-order valence-corrected chi connectivity index (χ4v) is 4.16. The molecule has 1 aromatic rings. The van der Waals surface area contributed by atoms with Gasteiger partial charge in [-0.2, -0.15) is 4.31 Å². The van der Waals surface area contributed by atoms with Gasteiger partial charge in [0, 0.05) is 13.1 Å². The quantitative estimate of drug-likeness (QED) is 0.923. The number of halogens is 2. The van der Waals surface area contributed by atoms with Crippen molar-refractivity contribution in [3.63, 3.8) is 0 Å². The summed E-state index contributed by atoms with van der Waals surface area (Å²) >= 11 is 5.80. The number of aliphatic carboxylic acids is 1. The number of carboxylic acid groups (broad SMARTS) is 1. The van der Waals surface area contributed by atoms with Gasteiger partial charge < -0.3 is 5.11 Å². The summed E-state index contributed by atoms with van der Waals surface area (Å²) in [5, 5.41) is 9.03. The first-order valence-electron chi connectivity index (χ1n) is 5.85. The minimum Gasteiger partial charge on any atom is -0.481 e. The van der Waals surface area contributed by atoms with Gasteiger partial charge >= 0.3 is 5.97 Å². The van der Waals surface area contributed by atoms with Crippen LogP contribution in [0.4, 0.5) is 4.39 Å². The predicted molar refractivity (Wildman–Crippen MR) is 70.5 cm³/mol. The topological polar surface area (TPSA) is 74.7 Å². The SMILES string of the molecule is C[C@]1(C(=O)O)CCN(S(=O)(=O)c2cc(F)ccc2Cl)C1. The number of carboxylic acids is 1. The molecule has 1 heterocycles. The van der Waals surface area contributed by atoms with Crippen LogP contribution in [0.3, 0.4) is 0 Å². The van der Waals surface area contributed by atoms with Crippen molar-refractivity contribution in [1.82, 2.24) is 4.31 Å². The van der Waals surface area contributed by atoms with E-state index in [-0.39, 0.29) is 29.4 Å². The molecule has 0 aromatic heterocycles. The number of nitrogens with zero attached hydrogens (tertiary/aromatic N) is 1. The van der Waals surface area contributed by atoms with Gasteiger partial charge in [0.05, 0.1) is 10.4 Å². The highest BCUT2D eigenvalue weighted by atomic mass is 35.5. The minimum atomic E-state index is -4.00. The second-order valence-corrected chi connectivity index (χ2v) is 7.34. The van der Waals surface area contributed by atoms with Crippen molar-refractivity contribution in [2.45, 2.75) is 18.2 Å². The van der Waals surface area contributed by atoms with Crippen LogP contribution in [0.1, 0.15) is 13.3 Å². The Morgan fingerprint density at radius 2 is 2.15 bits per heavy atom. The average Bonchev–Trinajstić information content (AvgIpc) is 2.77. The van der Waals surface area contributed by atoms with Gasteiger partial charge in [-0.1, -0.05) is 11.6 Å². The van der Waals surface area contributed by atoms with Crippen LogP contribution in [0.5, 0.6) is 0 Å². The lowest BCUT2D eigenvalue weighted by molar-refractivity contribution is -0.146. The molecule has 0 spiro atoms. The molecular formula is C12H13ClFNO4S. The lowest BCUT2D eigenvalue weighted by Gasteiger charge is -2.20. The van der Waals surface area contributed by atoms with Crippen LogP contribution in [-0.2, 0) is 14.8 Å². The molecule has 0 unspecified atom stereocenters. The molecule has 1 aromatic carbocycles. The molecule has 1 aliphatic rings. The van der Waals surface area contributed by atoms with E-state index < -0.39 is 27.2 Å². The number of carbonyl (C=O) groups is 1. The van der Waals surface area contributed by atoms with Gasteiger partial charge in [-0.05, 0) is 31.5 Å². The Kier molecular flexibility index (Phi) is 3.79. The highest BCUT2D eigenvalue weighted by molar-refractivity contribution is 7.89. The zero-order valence-corrected chi connectivity index (χ0v) is 12.2. The van der Waals surface area contributed by atoms with Crippen LogP contribution < -0.4 is 0 Å². The molecule has 0 aliphatic carbocycles. The second-order valence-electron chi connectivity index (χ2n) is 5.03. The van der Waals surface area contributed by atoms with E-state index >= 15 is 0 Å². The molecule has 1 fully saturated rings. The van der Waals surface area contributed by atoms with Gasteiger partial charge in [-0.3, -0.25) is 4.79 Å². The summed E-state index contributed by atoms with van der Waals surface area (Å²) in [4.78, 5) is 10.8. The Morgan fingerprint density at radius 3 is 2.70 bits per heavy atom. The number of rotatable bonds is 3. The van der Waals surface area contributed by atoms with Crippen molar-refractivity contribution in [3.8, 4) is 0 Å². The van der Waals surface area contributed by atoms with Crippen molar-refractivity contribution in [2.75, 3.05) is 13.1 Å². The van der Waals surface area contributed by atoms with E-state index in [1.807, 2.05) is 0 Å². The monoisotopic (exact) mass is 321 g/mol. The third-order valence-electron chi connectivity index (χ3n) is 3.47. The second kappa shape index (κ2) is 4.98. The van der Waals surface area contributed by atoms with E-state index in [0.29, 0.717) is 0 Å². The molecule has 5 nitrogen and oxygen atoms in total. The highest BCUT2D eigenvalue weighted by Crippen LogP contribution is 2.35. The molecule has 2 rings (SSSR count). The maximum Gasteiger partial charge on any atom is 0.310 e. The zero-order valence-electron chi connectivity index (χ0n) is 10.6. The van der Waals surface area contributed by atoms with Crippen LogP contribution in [0.2, 0.25) is 5.02 Å². The molecule has 110 valence electrons. The highest BCUT2D eigenvalue weighted by Gasteiger charge is 2.45. The maximum absolute atomic E-state index is 13.2. The maximum atomic E-state index is 13.2. The van der Waals surface area contributed by atoms with Gasteiger partial charge in [0.15, 0.2) is 0 Å². The zero-order chi connectivity index (χ0) is 15.1. The van der Waals surface area contributed by atoms with Crippen molar-refractivity contribution < 1.29 is 22.7 Å². The first-order chi connectivity index (χ1) is 9.17. The third-order valence-corrected chi connectivity index (χ3v) is 5.79. The Hall–Kier alpha value is -1.18. The summed E-state index contributed by atoms with van der Waals surface area (Å²) in [7, 11) is -4.00. The van der Waals surface area contributed by atoms with E-state index in [1.165, 1.54) is 6.92 Å². The first kappa shape index (κ1) is 15.2. The molecule has 1 aliphatic heterocycles. The van der Waals surface area contributed by atoms with E-state index in [2.05, 4.69) is 0 Å². The van der Waals surface area contributed by atoms with Gasteiger partial charge in [-0.15, -0.1) is 0 Å². The van der Waals surface area contributed by atoms with E-state index in [0.717, 1.165) is 22.5 Å². The predicted octanol–water partition coefficient (Wildman–Crippen LogP) is 1.96. The van der Waals surface area contributed by atoms with Crippen molar-refractivity contribution in [2.24, 2.45) is 5.41 Å². The number of sulfonamides is 1. The smallest absolute Gasteiger partial charge is 0.310 e. The molecule has 20 heavy (non-hydrogen) atoms. The standard InChI is InChI=1S/C12H13ClFNO4S/c1-12(11(16)17)4-5-15(7-12)20(18,19)10-6-8(14)2-3-9(10)13/h2-3,6H,4-5,7H2,1H3,(H,16,17)/t12-/m0/s1. The largest absolute Gasteiger partial charge is 0.481 e. The van der Waals surface area contributed by atoms with Crippen LogP contribution in [-0.4, -0.2) is 36.9 Å². The summed E-state index contributed by atoms with van der Waals surface area (Å²) in [5.41, 5.74) is -1.13. The van der Waals surface area contributed by atoms with Crippen molar-refractivity contribution >= 4 is 27.6 Å². The first-order valence-corrected chi connectivity index (χ1v) is 7.67. The molecule has 0 bridgehead atoms. The summed E-state index contributed by atoms with van der Waals surface area (Å²) in [6.07, 6.45) is 0.203. The van der Waals surface area contributed by atoms with Gasteiger partial charge in [-0.25, -0.2) is 12.8 Å². The van der Waals surface area contributed by atoms with Gasteiger partial charge in [0.2, 0.25) is 10.0 Å². The van der Waals surface area contributed by atoms with Crippen LogP contribution in [0.15, 0.2) is 23.1 Å². The fraction of sp³-hybridized carbons (Fsp3) is 0.417. The van der Waals surface area contributed by atoms with Crippen molar-refractivity contribution in [3.05, 3.63) is 29.0 Å². The lowest BCUT2D eigenvalue weighted by atomic mass is 9.90. The molecule has 1 atom stereocenters. The fourth-order valence-electron chi connectivity index (χ4n) is 2.11. The Balaban J connectivity index is 2.38. The summed E-state index contributed by atoms with van der Waals surface area (Å²) < 4.78 is 39.0. The average molecular weight is 322 g/mol.